The summed E-state index contributed by atoms with van der Waals surface area (Å²) in [5.41, 5.74) is -0.187. The standard InChI is InChI=1S/C7H7BBrFO3/c1-13-5-3-2-4(8(11)12)7(10)6(5)9/h2-3,11-12H,1H3. The molecule has 0 atom stereocenters. The van der Waals surface area contributed by atoms with E-state index in [1.54, 1.807) is 0 Å². The maximum absolute atomic E-state index is 13.3. The highest BCUT2D eigenvalue weighted by Crippen LogP contribution is 2.25. The molecule has 13 heavy (non-hydrogen) atoms. The zero-order valence-corrected chi connectivity index (χ0v) is 8.38. The van der Waals surface area contributed by atoms with E-state index in [0.29, 0.717) is 5.75 Å². The number of ether oxygens (including phenoxy) is 1. The van der Waals surface area contributed by atoms with Crippen LogP contribution in [0, 0.1) is 5.82 Å². The molecule has 0 aliphatic carbocycles. The Labute approximate surface area is 83.4 Å². The molecule has 0 unspecified atom stereocenters. The normalized spacial score (nSPS) is 9.92. The third-order valence-corrected chi connectivity index (χ3v) is 2.31. The molecule has 0 amide bonds. The highest BCUT2D eigenvalue weighted by molar-refractivity contribution is 9.10. The quantitative estimate of drug-likeness (QED) is 0.740. The van der Waals surface area contributed by atoms with Crippen LogP contribution >= 0.6 is 15.9 Å². The van der Waals surface area contributed by atoms with E-state index in [2.05, 4.69) is 15.9 Å². The smallest absolute Gasteiger partial charge is 0.491 e. The van der Waals surface area contributed by atoms with Gasteiger partial charge in [-0.25, -0.2) is 4.39 Å². The molecule has 0 aromatic heterocycles. The second-order valence-electron chi connectivity index (χ2n) is 2.36. The average molecular weight is 249 g/mol. The molecule has 0 saturated carbocycles. The van der Waals surface area contributed by atoms with Crippen molar-refractivity contribution in [3.63, 3.8) is 0 Å². The molecule has 1 aromatic carbocycles. The van der Waals surface area contributed by atoms with Crippen LogP contribution < -0.4 is 10.2 Å². The van der Waals surface area contributed by atoms with Crippen molar-refractivity contribution in [2.75, 3.05) is 7.11 Å². The van der Waals surface area contributed by atoms with Crippen molar-refractivity contribution in [3.8, 4) is 5.75 Å². The van der Waals surface area contributed by atoms with E-state index >= 15 is 0 Å². The Morgan fingerprint density at radius 1 is 1.46 bits per heavy atom. The SMILES string of the molecule is COc1ccc(B(O)O)c(F)c1Br. The van der Waals surface area contributed by atoms with Crippen LogP contribution in [0.3, 0.4) is 0 Å². The second-order valence-corrected chi connectivity index (χ2v) is 3.15. The lowest BCUT2D eigenvalue weighted by Gasteiger charge is -2.07. The Morgan fingerprint density at radius 2 is 2.08 bits per heavy atom. The van der Waals surface area contributed by atoms with Crippen LogP contribution in [-0.2, 0) is 0 Å². The van der Waals surface area contributed by atoms with Crippen LogP contribution in [-0.4, -0.2) is 24.3 Å². The van der Waals surface area contributed by atoms with Crippen molar-refractivity contribution in [1.29, 1.82) is 0 Å². The second kappa shape index (κ2) is 4.08. The summed E-state index contributed by atoms with van der Waals surface area (Å²) in [7, 11) is -0.420. The van der Waals surface area contributed by atoms with E-state index < -0.39 is 12.9 Å². The van der Waals surface area contributed by atoms with Crippen molar-refractivity contribution in [2.45, 2.75) is 0 Å². The molecule has 0 aliphatic heterocycles. The molecule has 1 aromatic rings. The Balaban J connectivity index is 3.23. The highest BCUT2D eigenvalue weighted by Gasteiger charge is 2.20. The average Bonchev–Trinajstić information content (AvgIpc) is 2.09. The molecule has 0 heterocycles. The summed E-state index contributed by atoms with van der Waals surface area (Å²) in [4.78, 5) is 0. The van der Waals surface area contributed by atoms with Crippen LogP contribution in [0.5, 0.6) is 5.75 Å². The Bertz CT molecular complexity index is 319. The summed E-state index contributed by atoms with van der Waals surface area (Å²) in [5.74, 6) is -0.420. The van der Waals surface area contributed by atoms with Gasteiger partial charge in [-0.05, 0) is 22.0 Å². The lowest BCUT2D eigenvalue weighted by molar-refractivity contribution is 0.406. The van der Waals surface area contributed by atoms with Crippen molar-refractivity contribution < 1.29 is 19.2 Å². The zero-order chi connectivity index (χ0) is 10.0. The van der Waals surface area contributed by atoms with Crippen molar-refractivity contribution in [2.24, 2.45) is 0 Å². The summed E-state index contributed by atoms with van der Waals surface area (Å²) in [6.07, 6.45) is 0. The Morgan fingerprint density at radius 3 is 2.54 bits per heavy atom. The number of rotatable bonds is 2. The third kappa shape index (κ3) is 2.01. The first-order valence-electron chi connectivity index (χ1n) is 3.46. The summed E-state index contributed by atoms with van der Waals surface area (Å²) >= 11 is 2.94. The van der Waals surface area contributed by atoms with E-state index in [-0.39, 0.29) is 9.94 Å². The number of benzene rings is 1. The van der Waals surface area contributed by atoms with E-state index in [9.17, 15) is 4.39 Å². The maximum Gasteiger partial charge on any atom is 0.491 e. The molecular formula is C7H7BBrFO3. The lowest BCUT2D eigenvalue weighted by atomic mass is 9.80. The fourth-order valence-corrected chi connectivity index (χ4v) is 1.43. The predicted molar refractivity (Wildman–Crippen MR) is 50.5 cm³/mol. The fraction of sp³-hybridized carbons (Fsp3) is 0.143. The number of hydrogen-bond donors (Lipinski definition) is 2. The Kier molecular flexibility index (Phi) is 3.30. The van der Waals surface area contributed by atoms with Crippen molar-refractivity contribution in [1.82, 2.24) is 0 Å². The largest absolute Gasteiger partial charge is 0.495 e. The zero-order valence-electron chi connectivity index (χ0n) is 6.79. The molecule has 0 fully saturated rings. The van der Waals surface area contributed by atoms with Gasteiger partial charge in [0, 0.05) is 5.46 Å². The predicted octanol–water partition coefficient (Wildman–Crippen LogP) is 0.277. The van der Waals surface area contributed by atoms with Gasteiger partial charge in [0.05, 0.1) is 11.6 Å². The minimum atomic E-state index is -1.82. The number of halogens is 2. The van der Waals surface area contributed by atoms with Crippen molar-refractivity contribution in [3.05, 3.63) is 22.4 Å². The van der Waals surface area contributed by atoms with Crippen LogP contribution in [0.4, 0.5) is 4.39 Å². The molecule has 0 spiro atoms. The topological polar surface area (TPSA) is 49.7 Å². The van der Waals surface area contributed by atoms with E-state index in [1.165, 1.54) is 19.2 Å². The first-order valence-corrected chi connectivity index (χ1v) is 4.25. The fourth-order valence-electron chi connectivity index (χ4n) is 0.904. The summed E-state index contributed by atoms with van der Waals surface area (Å²) in [6, 6.07) is 2.70. The van der Waals surface area contributed by atoms with Crippen LogP contribution in [0.1, 0.15) is 0 Å². The van der Waals surface area contributed by atoms with Gasteiger partial charge < -0.3 is 14.8 Å². The molecule has 2 N–H and O–H groups in total. The maximum atomic E-state index is 13.3. The van der Waals surface area contributed by atoms with Gasteiger partial charge in [0.1, 0.15) is 11.6 Å². The summed E-state index contributed by atoms with van der Waals surface area (Å²) < 4.78 is 18.1. The highest BCUT2D eigenvalue weighted by atomic mass is 79.9. The monoisotopic (exact) mass is 248 g/mol. The minimum absolute atomic E-state index is 0.0839. The van der Waals surface area contributed by atoms with E-state index in [0.717, 1.165) is 0 Å². The first-order chi connectivity index (χ1) is 6.07. The molecular weight excluding hydrogens is 242 g/mol. The minimum Gasteiger partial charge on any atom is -0.495 e. The van der Waals surface area contributed by atoms with Gasteiger partial charge in [-0.3, -0.25) is 0 Å². The van der Waals surface area contributed by atoms with Crippen molar-refractivity contribution >= 4 is 28.5 Å². The number of methoxy groups -OCH3 is 1. The Hall–Kier alpha value is -0.585. The number of hydrogen-bond acceptors (Lipinski definition) is 3. The van der Waals surface area contributed by atoms with Gasteiger partial charge in [0.25, 0.3) is 0 Å². The molecule has 0 bridgehead atoms. The molecule has 6 heteroatoms. The van der Waals surface area contributed by atoms with Gasteiger partial charge >= 0.3 is 7.12 Å². The van der Waals surface area contributed by atoms with Gasteiger partial charge in [0.15, 0.2) is 0 Å². The third-order valence-electron chi connectivity index (χ3n) is 1.57. The first kappa shape index (κ1) is 10.5. The molecule has 3 nitrogen and oxygen atoms in total. The molecule has 0 saturated heterocycles. The van der Waals surface area contributed by atoms with Crippen LogP contribution in [0.25, 0.3) is 0 Å². The molecule has 0 radical (unpaired) electrons. The summed E-state index contributed by atoms with van der Waals surface area (Å²) in [6.45, 7) is 0. The van der Waals surface area contributed by atoms with Gasteiger partial charge in [-0.2, -0.15) is 0 Å². The van der Waals surface area contributed by atoms with E-state index in [4.69, 9.17) is 14.8 Å². The molecule has 70 valence electrons. The van der Waals surface area contributed by atoms with Gasteiger partial charge in [-0.1, -0.05) is 6.07 Å². The van der Waals surface area contributed by atoms with Gasteiger partial charge in [0.2, 0.25) is 0 Å². The van der Waals surface area contributed by atoms with Gasteiger partial charge in [-0.15, -0.1) is 0 Å². The van der Waals surface area contributed by atoms with Crippen LogP contribution in [0.15, 0.2) is 16.6 Å². The summed E-state index contributed by atoms with van der Waals surface area (Å²) in [5, 5.41) is 17.5. The lowest BCUT2D eigenvalue weighted by Crippen LogP contribution is -2.32. The molecule has 1 rings (SSSR count). The van der Waals surface area contributed by atoms with Crippen LogP contribution in [0.2, 0.25) is 0 Å². The van der Waals surface area contributed by atoms with E-state index in [1.807, 2.05) is 0 Å². The molecule has 0 aliphatic rings.